The molecule has 0 saturated carbocycles. The van der Waals surface area contributed by atoms with E-state index in [2.05, 4.69) is 9.89 Å². The van der Waals surface area contributed by atoms with Crippen LogP contribution in [0.5, 0.6) is 0 Å². The Morgan fingerprint density at radius 2 is 2.00 bits per heavy atom. The zero-order valence-electron chi connectivity index (χ0n) is 10.9. The van der Waals surface area contributed by atoms with Gasteiger partial charge in [0.2, 0.25) is 0 Å². The molecule has 4 nitrogen and oxygen atoms in total. The van der Waals surface area contributed by atoms with Gasteiger partial charge in [-0.25, -0.2) is 9.18 Å². The van der Waals surface area contributed by atoms with E-state index in [1.54, 1.807) is 0 Å². The third-order valence-corrected chi connectivity index (χ3v) is 2.80. The summed E-state index contributed by atoms with van der Waals surface area (Å²) in [6.07, 6.45) is -4.65. The number of aryl methyl sites for hydroxylation is 1. The molecule has 1 heterocycles. The molecule has 0 aliphatic carbocycles. The Balaban J connectivity index is 2.65. The van der Waals surface area contributed by atoms with Crippen LogP contribution in [0.15, 0.2) is 22.7 Å². The maximum Gasteiger partial charge on any atom is 0.416 e. The minimum atomic E-state index is -4.65. The lowest BCUT2D eigenvalue weighted by Crippen LogP contribution is -2.07. The largest absolute Gasteiger partial charge is 0.465 e. The highest BCUT2D eigenvalue weighted by atomic mass is 19.4. The van der Waals surface area contributed by atoms with Crippen LogP contribution >= 0.6 is 0 Å². The molecule has 0 N–H and O–H groups in total. The van der Waals surface area contributed by atoms with Crippen LogP contribution in [0, 0.1) is 12.7 Å². The highest BCUT2D eigenvalue weighted by Crippen LogP contribution is 2.35. The quantitative estimate of drug-likeness (QED) is 0.628. The molecule has 0 aliphatic rings. The van der Waals surface area contributed by atoms with Crippen molar-refractivity contribution in [2.45, 2.75) is 13.1 Å². The van der Waals surface area contributed by atoms with Crippen molar-refractivity contribution in [2.75, 3.05) is 7.11 Å². The van der Waals surface area contributed by atoms with Crippen LogP contribution in [0.4, 0.5) is 17.6 Å². The van der Waals surface area contributed by atoms with E-state index in [0.717, 1.165) is 7.11 Å². The van der Waals surface area contributed by atoms with Gasteiger partial charge < -0.3 is 9.26 Å². The van der Waals surface area contributed by atoms with E-state index in [9.17, 15) is 22.4 Å². The molecule has 1 aromatic carbocycles. The molecule has 0 unspecified atom stereocenters. The molecule has 2 aromatic rings. The van der Waals surface area contributed by atoms with Gasteiger partial charge in [-0.2, -0.15) is 13.2 Å². The fourth-order valence-electron chi connectivity index (χ4n) is 1.78. The second-order valence-corrected chi connectivity index (χ2v) is 4.15. The summed E-state index contributed by atoms with van der Waals surface area (Å²) >= 11 is 0. The summed E-state index contributed by atoms with van der Waals surface area (Å²) in [5, 5.41) is 3.46. The minimum absolute atomic E-state index is 0.0219. The average molecular weight is 303 g/mol. The molecule has 2 rings (SSSR count). The molecule has 0 aliphatic heterocycles. The molecule has 0 spiro atoms. The Morgan fingerprint density at radius 3 is 2.57 bits per heavy atom. The first-order valence-corrected chi connectivity index (χ1v) is 5.67. The van der Waals surface area contributed by atoms with Crippen molar-refractivity contribution in [3.63, 3.8) is 0 Å². The van der Waals surface area contributed by atoms with Gasteiger partial charge in [-0.05, 0) is 25.1 Å². The first kappa shape index (κ1) is 15.0. The van der Waals surface area contributed by atoms with Gasteiger partial charge in [0.05, 0.1) is 12.7 Å². The molecule has 8 heteroatoms. The fourth-order valence-corrected chi connectivity index (χ4v) is 1.78. The number of carbonyl (C=O) groups excluding carboxylic acids is 1. The molecule has 0 fully saturated rings. The normalized spacial score (nSPS) is 11.5. The van der Waals surface area contributed by atoms with Crippen molar-refractivity contribution in [3.8, 4) is 11.3 Å². The first-order valence-electron chi connectivity index (χ1n) is 5.67. The van der Waals surface area contributed by atoms with Crippen LogP contribution in [-0.4, -0.2) is 18.2 Å². The van der Waals surface area contributed by atoms with Crippen molar-refractivity contribution in [1.29, 1.82) is 0 Å². The third-order valence-electron chi connectivity index (χ3n) is 2.80. The van der Waals surface area contributed by atoms with E-state index in [1.807, 2.05) is 0 Å². The maximum atomic E-state index is 13.8. The molecule has 0 bridgehead atoms. The molecule has 0 saturated heterocycles. The second-order valence-electron chi connectivity index (χ2n) is 4.15. The topological polar surface area (TPSA) is 52.3 Å². The predicted molar refractivity (Wildman–Crippen MR) is 63.0 cm³/mol. The van der Waals surface area contributed by atoms with E-state index in [0.29, 0.717) is 18.2 Å². The Hall–Kier alpha value is -2.38. The van der Waals surface area contributed by atoms with Crippen molar-refractivity contribution >= 4 is 5.97 Å². The Morgan fingerprint density at radius 1 is 1.33 bits per heavy atom. The number of rotatable bonds is 2. The molecule has 112 valence electrons. The predicted octanol–water partition coefficient (Wildman–Crippen LogP) is 3.59. The number of hydrogen-bond acceptors (Lipinski definition) is 4. The van der Waals surface area contributed by atoms with E-state index in [4.69, 9.17) is 4.52 Å². The second kappa shape index (κ2) is 5.19. The Labute approximate surface area is 116 Å². The number of benzene rings is 1. The summed E-state index contributed by atoms with van der Waals surface area (Å²) in [5.74, 6) is -1.81. The lowest BCUT2D eigenvalue weighted by molar-refractivity contribution is -0.137. The van der Waals surface area contributed by atoms with Crippen LogP contribution in [0.1, 0.15) is 21.7 Å². The number of esters is 1. The van der Waals surface area contributed by atoms with Gasteiger partial charge in [0.15, 0.2) is 0 Å². The summed E-state index contributed by atoms with van der Waals surface area (Å²) in [4.78, 5) is 11.6. The number of halogens is 4. The van der Waals surface area contributed by atoms with Crippen molar-refractivity contribution < 1.29 is 31.6 Å². The van der Waals surface area contributed by atoms with Crippen molar-refractivity contribution in [3.05, 3.63) is 40.9 Å². The Kier molecular flexibility index (Phi) is 3.71. The van der Waals surface area contributed by atoms with Gasteiger partial charge in [-0.15, -0.1) is 0 Å². The lowest BCUT2D eigenvalue weighted by atomic mass is 10.0. The van der Waals surface area contributed by atoms with Crippen LogP contribution in [0.3, 0.4) is 0 Å². The summed E-state index contributed by atoms with van der Waals surface area (Å²) < 4.78 is 61.1. The lowest BCUT2D eigenvalue weighted by Gasteiger charge is -2.09. The maximum absolute atomic E-state index is 13.8. The molecule has 0 amide bonds. The first-order chi connectivity index (χ1) is 9.75. The van der Waals surface area contributed by atoms with Crippen LogP contribution in [-0.2, 0) is 10.9 Å². The summed E-state index contributed by atoms with van der Waals surface area (Å²) in [7, 11) is 1.08. The van der Waals surface area contributed by atoms with E-state index in [1.165, 1.54) is 6.92 Å². The number of nitrogens with zero attached hydrogens (tertiary/aromatic N) is 1. The zero-order valence-corrected chi connectivity index (χ0v) is 10.9. The highest BCUT2D eigenvalue weighted by molar-refractivity contribution is 5.97. The molecule has 0 radical (unpaired) electrons. The number of aromatic nitrogens is 1. The van der Waals surface area contributed by atoms with Gasteiger partial charge >= 0.3 is 12.1 Å². The van der Waals surface area contributed by atoms with Gasteiger partial charge in [-0.3, -0.25) is 0 Å². The van der Waals surface area contributed by atoms with Gasteiger partial charge in [0.1, 0.15) is 22.8 Å². The Bertz CT molecular complexity index is 691. The molecular formula is C13H9F4NO3. The van der Waals surface area contributed by atoms with Crippen LogP contribution < -0.4 is 0 Å². The number of carbonyl (C=O) groups is 1. The summed E-state index contributed by atoms with van der Waals surface area (Å²) in [6, 6.07) is 1.83. The fraction of sp³-hybridized carbons (Fsp3) is 0.231. The average Bonchev–Trinajstić information content (AvgIpc) is 2.79. The number of methoxy groups -OCH3 is 1. The monoisotopic (exact) mass is 303 g/mol. The summed E-state index contributed by atoms with van der Waals surface area (Å²) in [5.41, 5.74) is -2.09. The third kappa shape index (κ3) is 2.74. The van der Waals surface area contributed by atoms with E-state index >= 15 is 0 Å². The zero-order chi connectivity index (χ0) is 15.8. The molecule has 1 aromatic heterocycles. The van der Waals surface area contributed by atoms with Crippen LogP contribution in [0.25, 0.3) is 11.3 Å². The van der Waals surface area contributed by atoms with Crippen LogP contribution in [0.2, 0.25) is 0 Å². The van der Waals surface area contributed by atoms with Crippen molar-refractivity contribution in [1.82, 2.24) is 5.16 Å². The minimum Gasteiger partial charge on any atom is -0.465 e. The standard InChI is InChI=1S/C13H9F4NO3/c1-6-10(12(19)20-2)11(18-21-6)8-5-7(13(15,16)17)3-4-9(8)14/h3-5H,1-2H3. The SMILES string of the molecule is COC(=O)c1c(-c2cc(C(F)(F)F)ccc2F)noc1C. The summed E-state index contributed by atoms with van der Waals surface area (Å²) in [6.45, 7) is 1.37. The smallest absolute Gasteiger partial charge is 0.416 e. The molecule has 0 atom stereocenters. The van der Waals surface area contributed by atoms with E-state index in [-0.39, 0.29) is 17.0 Å². The van der Waals surface area contributed by atoms with Gasteiger partial charge in [-0.1, -0.05) is 5.16 Å². The highest BCUT2D eigenvalue weighted by Gasteiger charge is 2.32. The molecular weight excluding hydrogens is 294 g/mol. The molecule has 21 heavy (non-hydrogen) atoms. The van der Waals surface area contributed by atoms with Gasteiger partial charge in [0.25, 0.3) is 0 Å². The number of hydrogen-bond donors (Lipinski definition) is 0. The van der Waals surface area contributed by atoms with E-state index < -0.39 is 29.1 Å². The number of ether oxygens (including phenoxy) is 1. The van der Waals surface area contributed by atoms with Crippen molar-refractivity contribution in [2.24, 2.45) is 0 Å². The number of alkyl halides is 3. The van der Waals surface area contributed by atoms with Gasteiger partial charge in [0, 0.05) is 5.56 Å².